The van der Waals surface area contributed by atoms with Crippen molar-refractivity contribution in [2.45, 2.75) is 44.6 Å². The number of rotatable bonds is 3. The van der Waals surface area contributed by atoms with Crippen LogP contribution in [0.25, 0.3) is 0 Å². The number of benzene rings is 1. The van der Waals surface area contributed by atoms with Gasteiger partial charge in [0.2, 0.25) is 0 Å². The first-order chi connectivity index (χ1) is 8.13. The summed E-state index contributed by atoms with van der Waals surface area (Å²) < 4.78 is 5.24. The first-order valence-electron chi connectivity index (χ1n) is 6.35. The highest BCUT2D eigenvalue weighted by molar-refractivity contribution is 5.69. The van der Waals surface area contributed by atoms with E-state index in [4.69, 9.17) is 10.5 Å². The lowest BCUT2D eigenvalue weighted by atomic mass is 9.83. The van der Waals surface area contributed by atoms with Crippen LogP contribution in [0.5, 0.6) is 5.75 Å². The molecule has 3 N–H and O–H groups in total. The fraction of sp³-hybridized carbons (Fsp3) is 0.571. The van der Waals surface area contributed by atoms with Gasteiger partial charge >= 0.3 is 0 Å². The van der Waals surface area contributed by atoms with Crippen LogP contribution in [0.4, 0.5) is 11.4 Å². The van der Waals surface area contributed by atoms with Crippen LogP contribution < -0.4 is 15.8 Å². The standard InChI is InChI=1S/C14H22N2O/c1-14(8-4-3-5-9-14)16-13-10-11(17-2)6-7-12(13)15/h6-7,10,16H,3-5,8-9,15H2,1-2H3. The second-order valence-corrected chi connectivity index (χ2v) is 5.20. The summed E-state index contributed by atoms with van der Waals surface area (Å²) >= 11 is 0. The molecule has 1 aliphatic rings. The minimum absolute atomic E-state index is 0.179. The van der Waals surface area contributed by atoms with Gasteiger partial charge in [-0.3, -0.25) is 0 Å². The van der Waals surface area contributed by atoms with Gasteiger partial charge in [0.25, 0.3) is 0 Å². The van der Waals surface area contributed by atoms with E-state index in [0.29, 0.717) is 0 Å². The van der Waals surface area contributed by atoms with Gasteiger partial charge in [-0.05, 0) is 31.9 Å². The van der Waals surface area contributed by atoms with Gasteiger partial charge in [0.05, 0.1) is 18.5 Å². The van der Waals surface area contributed by atoms with Crippen LogP contribution in [-0.4, -0.2) is 12.6 Å². The van der Waals surface area contributed by atoms with E-state index >= 15 is 0 Å². The molecule has 0 aliphatic heterocycles. The van der Waals surface area contributed by atoms with Crippen LogP contribution >= 0.6 is 0 Å². The predicted octanol–water partition coefficient (Wildman–Crippen LogP) is 3.41. The molecule has 0 saturated heterocycles. The summed E-state index contributed by atoms with van der Waals surface area (Å²) in [6, 6.07) is 5.77. The minimum atomic E-state index is 0.179. The van der Waals surface area contributed by atoms with Gasteiger partial charge in [0.15, 0.2) is 0 Å². The lowest BCUT2D eigenvalue weighted by Crippen LogP contribution is -2.37. The third kappa shape index (κ3) is 2.84. The Labute approximate surface area is 103 Å². The summed E-state index contributed by atoms with van der Waals surface area (Å²) in [5, 5.41) is 3.60. The minimum Gasteiger partial charge on any atom is -0.497 e. The summed E-state index contributed by atoms with van der Waals surface area (Å²) in [5.41, 5.74) is 7.97. The van der Waals surface area contributed by atoms with Gasteiger partial charge in [-0.1, -0.05) is 19.3 Å². The van der Waals surface area contributed by atoms with Crippen molar-refractivity contribution in [2.75, 3.05) is 18.2 Å². The lowest BCUT2D eigenvalue weighted by Gasteiger charge is -2.36. The van der Waals surface area contributed by atoms with Gasteiger partial charge in [-0.25, -0.2) is 0 Å². The molecule has 0 amide bonds. The second-order valence-electron chi connectivity index (χ2n) is 5.20. The van der Waals surface area contributed by atoms with Gasteiger partial charge < -0.3 is 15.8 Å². The van der Waals surface area contributed by atoms with E-state index in [0.717, 1.165) is 17.1 Å². The fourth-order valence-corrected chi connectivity index (χ4v) is 2.55. The van der Waals surface area contributed by atoms with Crippen LogP contribution in [0.1, 0.15) is 39.0 Å². The molecule has 1 saturated carbocycles. The maximum absolute atomic E-state index is 6.00. The van der Waals surface area contributed by atoms with E-state index in [1.54, 1.807) is 7.11 Å². The molecule has 3 heteroatoms. The Bertz CT molecular complexity index is 384. The summed E-state index contributed by atoms with van der Waals surface area (Å²) in [6.45, 7) is 2.28. The van der Waals surface area contributed by atoms with Gasteiger partial charge in [-0.2, -0.15) is 0 Å². The highest BCUT2D eigenvalue weighted by Crippen LogP contribution is 2.34. The zero-order valence-corrected chi connectivity index (χ0v) is 10.8. The van der Waals surface area contributed by atoms with Crippen molar-refractivity contribution in [1.82, 2.24) is 0 Å². The summed E-state index contributed by atoms with van der Waals surface area (Å²) in [5.74, 6) is 0.848. The van der Waals surface area contributed by atoms with Crippen LogP contribution in [0.15, 0.2) is 18.2 Å². The van der Waals surface area contributed by atoms with Gasteiger partial charge in [0, 0.05) is 11.6 Å². The van der Waals surface area contributed by atoms with Crippen LogP contribution in [-0.2, 0) is 0 Å². The van der Waals surface area contributed by atoms with Crippen molar-refractivity contribution >= 4 is 11.4 Å². The Morgan fingerprint density at radius 2 is 1.94 bits per heavy atom. The molecule has 2 rings (SSSR count). The van der Waals surface area contributed by atoms with E-state index in [1.165, 1.54) is 32.1 Å². The molecule has 94 valence electrons. The normalized spacial score (nSPS) is 18.7. The van der Waals surface area contributed by atoms with Crippen LogP contribution in [0.3, 0.4) is 0 Å². The van der Waals surface area contributed by atoms with E-state index in [2.05, 4.69) is 12.2 Å². The number of nitrogens with one attached hydrogen (secondary N) is 1. The maximum Gasteiger partial charge on any atom is 0.121 e. The summed E-state index contributed by atoms with van der Waals surface area (Å²) in [4.78, 5) is 0. The molecule has 0 atom stereocenters. The Balaban J connectivity index is 2.16. The number of methoxy groups -OCH3 is 1. The number of ether oxygens (including phenoxy) is 1. The monoisotopic (exact) mass is 234 g/mol. The largest absolute Gasteiger partial charge is 0.497 e. The zero-order valence-electron chi connectivity index (χ0n) is 10.8. The topological polar surface area (TPSA) is 47.3 Å². The van der Waals surface area contributed by atoms with Crippen LogP contribution in [0, 0.1) is 0 Å². The third-order valence-corrected chi connectivity index (χ3v) is 3.65. The Kier molecular flexibility index (Phi) is 3.46. The molecule has 0 bridgehead atoms. The Morgan fingerprint density at radius 1 is 1.24 bits per heavy atom. The molecular weight excluding hydrogens is 212 g/mol. The second kappa shape index (κ2) is 4.86. The fourth-order valence-electron chi connectivity index (χ4n) is 2.55. The number of anilines is 2. The number of hydrogen-bond acceptors (Lipinski definition) is 3. The molecule has 1 aromatic rings. The first kappa shape index (κ1) is 12.1. The summed E-state index contributed by atoms with van der Waals surface area (Å²) in [6.07, 6.45) is 6.37. The lowest BCUT2D eigenvalue weighted by molar-refractivity contribution is 0.349. The Hall–Kier alpha value is -1.38. The first-order valence-corrected chi connectivity index (χ1v) is 6.35. The Morgan fingerprint density at radius 3 is 2.59 bits per heavy atom. The molecule has 0 radical (unpaired) electrons. The van der Waals surface area contributed by atoms with Crippen LogP contribution in [0.2, 0.25) is 0 Å². The van der Waals surface area contributed by atoms with Crippen molar-refractivity contribution in [3.63, 3.8) is 0 Å². The molecule has 1 aromatic carbocycles. The predicted molar refractivity (Wildman–Crippen MR) is 72.5 cm³/mol. The smallest absolute Gasteiger partial charge is 0.121 e. The molecular formula is C14H22N2O. The van der Waals surface area contributed by atoms with Crippen molar-refractivity contribution in [2.24, 2.45) is 0 Å². The highest BCUT2D eigenvalue weighted by atomic mass is 16.5. The highest BCUT2D eigenvalue weighted by Gasteiger charge is 2.26. The van der Waals surface area contributed by atoms with E-state index < -0.39 is 0 Å². The van der Waals surface area contributed by atoms with Crippen molar-refractivity contribution in [1.29, 1.82) is 0 Å². The molecule has 0 spiro atoms. The molecule has 1 fully saturated rings. The molecule has 0 heterocycles. The molecule has 0 unspecified atom stereocenters. The quantitative estimate of drug-likeness (QED) is 0.788. The SMILES string of the molecule is COc1ccc(N)c(NC2(C)CCCCC2)c1. The third-order valence-electron chi connectivity index (χ3n) is 3.65. The van der Waals surface area contributed by atoms with E-state index in [9.17, 15) is 0 Å². The van der Waals surface area contributed by atoms with E-state index in [1.807, 2.05) is 18.2 Å². The van der Waals surface area contributed by atoms with Crippen molar-refractivity contribution in [3.05, 3.63) is 18.2 Å². The van der Waals surface area contributed by atoms with Crippen molar-refractivity contribution in [3.8, 4) is 5.75 Å². The average molecular weight is 234 g/mol. The van der Waals surface area contributed by atoms with Gasteiger partial charge in [0.1, 0.15) is 5.75 Å². The molecule has 3 nitrogen and oxygen atoms in total. The number of nitrogen functional groups attached to an aromatic ring is 1. The number of nitrogens with two attached hydrogens (primary N) is 1. The zero-order chi connectivity index (χ0) is 12.3. The van der Waals surface area contributed by atoms with Crippen molar-refractivity contribution < 1.29 is 4.74 Å². The molecule has 0 aromatic heterocycles. The van der Waals surface area contributed by atoms with Gasteiger partial charge in [-0.15, -0.1) is 0 Å². The number of hydrogen-bond donors (Lipinski definition) is 2. The van der Waals surface area contributed by atoms with E-state index in [-0.39, 0.29) is 5.54 Å². The maximum atomic E-state index is 6.00. The summed E-state index contributed by atoms with van der Waals surface area (Å²) in [7, 11) is 1.68. The molecule has 1 aliphatic carbocycles. The molecule has 17 heavy (non-hydrogen) atoms. The average Bonchev–Trinajstić information content (AvgIpc) is 2.33.